The average molecular weight is 440 g/mol. The lowest BCUT2D eigenvalue weighted by Gasteiger charge is -2.13. The van der Waals surface area contributed by atoms with Gasteiger partial charge < -0.3 is 4.42 Å². The number of nitrogens with one attached hydrogen (secondary N) is 1. The van der Waals surface area contributed by atoms with Gasteiger partial charge in [-0.2, -0.15) is 0 Å². The van der Waals surface area contributed by atoms with Gasteiger partial charge in [0.2, 0.25) is 10.0 Å². The predicted molar refractivity (Wildman–Crippen MR) is 110 cm³/mol. The number of hydrogen-bond acceptors (Lipinski definition) is 6. The molecular weight excluding hydrogens is 422 g/mol. The Bertz CT molecular complexity index is 1150. The monoisotopic (exact) mass is 439 g/mol. The fourth-order valence-corrected chi connectivity index (χ4v) is 4.39. The smallest absolute Gasteiger partial charge is 0.259 e. The zero-order chi connectivity index (χ0) is 20.6. The highest BCUT2D eigenvalue weighted by Gasteiger charge is 2.21. The van der Waals surface area contributed by atoms with Gasteiger partial charge in [-0.05, 0) is 38.1 Å². The number of aryl methyl sites for hydroxylation is 2. The number of hydrogen-bond donors (Lipinski definition) is 1. The van der Waals surface area contributed by atoms with Crippen LogP contribution < -0.4 is 5.32 Å². The van der Waals surface area contributed by atoms with Gasteiger partial charge in [-0.3, -0.25) is 10.1 Å². The number of nitrogens with zero attached hydrogens (tertiary/aromatic N) is 2. The van der Waals surface area contributed by atoms with E-state index in [0.29, 0.717) is 10.8 Å². The molecule has 10 heteroatoms. The summed E-state index contributed by atoms with van der Waals surface area (Å²) in [6, 6.07) is 5.88. The highest BCUT2D eigenvalue weighted by atomic mass is 35.5. The number of carbonyl (C=O) groups is 1. The standard InChI is InChI=1S/C18H18ClN3O4S2/c1-10-7-13(11(2)26-10)16-9-27-18(20-16)21-17(23)14-8-12(5-6-15(14)19)28(24,25)22(3)4/h5-9H,1-4H3,(H,20,21,23). The van der Waals surface area contributed by atoms with Crippen molar-refractivity contribution >= 4 is 44.0 Å². The summed E-state index contributed by atoms with van der Waals surface area (Å²) in [6.45, 7) is 3.69. The van der Waals surface area contributed by atoms with E-state index in [2.05, 4.69) is 10.3 Å². The highest BCUT2D eigenvalue weighted by molar-refractivity contribution is 7.89. The van der Waals surface area contributed by atoms with Crippen molar-refractivity contribution in [1.82, 2.24) is 9.29 Å². The molecule has 0 saturated heterocycles. The molecule has 7 nitrogen and oxygen atoms in total. The Labute approximate surface area is 172 Å². The van der Waals surface area contributed by atoms with Crippen LogP contribution in [0.1, 0.15) is 21.9 Å². The zero-order valence-electron chi connectivity index (χ0n) is 15.6. The van der Waals surface area contributed by atoms with Gasteiger partial charge in [-0.15, -0.1) is 11.3 Å². The van der Waals surface area contributed by atoms with Crippen LogP contribution >= 0.6 is 22.9 Å². The number of halogens is 1. The van der Waals surface area contributed by atoms with Gasteiger partial charge in [-0.1, -0.05) is 11.6 Å². The molecule has 2 aromatic heterocycles. The van der Waals surface area contributed by atoms with E-state index in [0.717, 1.165) is 21.4 Å². The first-order valence-corrected chi connectivity index (χ1v) is 10.9. The molecule has 0 radical (unpaired) electrons. The van der Waals surface area contributed by atoms with Gasteiger partial charge in [0.25, 0.3) is 5.91 Å². The van der Waals surface area contributed by atoms with Crippen molar-refractivity contribution in [2.24, 2.45) is 0 Å². The number of rotatable bonds is 5. The van der Waals surface area contributed by atoms with Crippen molar-refractivity contribution in [3.05, 3.63) is 51.8 Å². The van der Waals surface area contributed by atoms with Crippen LogP contribution in [0.25, 0.3) is 11.3 Å². The van der Waals surface area contributed by atoms with Crippen molar-refractivity contribution in [3.63, 3.8) is 0 Å². The minimum Gasteiger partial charge on any atom is -0.466 e. The Balaban J connectivity index is 1.87. The predicted octanol–water partition coefficient (Wildman–Crippen LogP) is 4.18. The lowest BCUT2D eigenvalue weighted by atomic mass is 10.2. The topological polar surface area (TPSA) is 92.5 Å². The lowest BCUT2D eigenvalue weighted by molar-refractivity contribution is 0.102. The summed E-state index contributed by atoms with van der Waals surface area (Å²) in [5, 5.41) is 4.99. The Hall–Kier alpha value is -2.20. The third-order valence-electron chi connectivity index (χ3n) is 4.00. The van der Waals surface area contributed by atoms with E-state index in [-0.39, 0.29) is 15.5 Å². The molecule has 2 heterocycles. The van der Waals surface area contributed by atoms with Crippen molar-refractivity contribution in [2.45, 2.75) is 18.7 Å². The number of benzene rings is 1. The van der Waals surface area contributed by atoms with E-state index in [1.807, 2.05) is 19.9 Å². The van der Waals surface area contributed by atoms with Crippen LogP contribution in [0.3, 0.4) is 0 Å². The largest absolute Gasteiger partial charge is 0.466 e. The van der Waals surface area contributed by atoms with E-state index >= 15 is 0 Å². The summed E-state index contributed by atoms with van der Waals surface area (Å²) < 4.78 is 31.2. The molecule has 0 aliphatic carbocycles. The van der Waals surface area contributed by atoms with Crippen molar-refractivity contribution < 1.29 is 17.6 Å². The molecule has 0 aliphatic rings. The molecular formula is C18H18ClN3O4S2. The number of anilines is 1. The molecule has 3 aromatic rings. The third kappa shape index (κ3) is 3.97. The molecule has 0 fully saturated rings. The highest BCUT2D eigenvalue weighted by Crippen LogP contribution is 2.30. The summed E-state index contributed by atoms with van der Waals surface area (Å²) in [4.78, 5) is 17.0. The maximum Gasteiger partial charge on any atom is 0.259 e. The lowest BCUT2D eigenvalue weighted by Crippen LogP contribution is -2.23. The number of amides is 1. The Morgan fingerprint density at radius 2 is 1.96 bits per heavy atom. The quantitative estimate of drug-likeness (QED) is 0.643. The van der Waals surface area contributed by atoms with E-state index in [1.54, 1.807) is 5.38 Å². The first-order chi connectivity index (χ1) is 13.1. The first-order valence-electron chi connectivity index (χ1n) is 8.16. The van der Waals surface area contributed by atoms with Crippen LogP contribution in [0, 0.1) is 13.8 Å². The fourth-order valence-electron chi connectivity index (χ4n) is 2.55. The molecule has 0 aliphatic heterocycles. The van der Waals surface area contributed by atoms with Crippen LogP contribution in [0.2, 0.25) is 5.02 Å². The summed E-state index contributed by atoms with van der Waals surface area (Å²) >= 11 is 7.36. The van der Waals surface area contributed by atoms with Crippen LogP contribution in [-0.2, 0) is 10.0 Å². The van der Waals surface area contributed by atoms with Gasteiger partial charge in [0, 0.05) is 25.0 Å². The van der Waals surface area contributed by atoms with Gasteiger partial charge in [0.1, 0.15) is 11.5 Å². The average Bonchev–Trinajstić information content (AvgIpc) is 3.20. The van der Waals surface area contributed by atoms with Crippen LogP contribution in [0.5, 0.6) is 0 Å². The van der Waals surface area contributed by atoms with Crippen molar-refractivity contribution in [2.75, 3.05) is 19.4 Å². The minimum atomic E-state index is -3.69. The second-order valence-electron chi connectivity index (χ2n) is 6.25. The summed E-state index contributed by atoms with van der Waals surface area (Å²) in [5.74, 6) is 0.976. The molecule has 3 rings (SSSR count). The van der Waals surface area contributed by atoms with Crippen molar-refractivity contribution in [3.8, 4) is 11.3 Å². The van der Waals surface area contributed by atoms with Crippen LogP contribution in [-0.4, -0.2) is 37.7 Å². The second-order valence-corrected chi connectivity index (χ2v) is 9.67. The van der Waals surface area contributed by atoms with E-state index in [4.69, 9.17) is 16.0 Å². The Morgan fingerprint density at radius 1 is 1.25 bits per heavy atom. The number of sulfonamides is 1. The summed E-state index contributed by atoms with van der Waals surface area (Å²) in [6.07, 6.45) is 0. The molecule has 0 atom stereocenters. The summed E-state index contributed by atoms with van der Waals surface area (Å²) in [5.41, 5.74) is 1.59. The van der Waals surface area contributed by atoms with Gasteiger partial charge in [0.15, 0.2) is 5.13 Å². The van der Waals surface area contributed by atoms with E-state index in [1.165, 1.54) is 43.6 Å². The normalized spacial score (nSPS) is 11.8. The second kappa shape index (κ2) is 7.67. The van der Waals surface area contributed by atoms with Crippen molar-refractivity contribution in [1.29, 1.82) is 0 Å². The molecule has 1 amide bonds. The number of furan rings is 1. The van der Waals surface area contributed by atoms with Gasteiger partial charge in [0.05, 0.1) is 21.2 Å². The summed E-state index contributed by atoms with van der Waals surface area (Å²) in [7, 11) is -0.852. The van der Waals surface area contributed by atoms with Crippen LogP contribution in [0.4, 0.5) is 5.13 Å². The minimum absolute atomic E-state index is 0.0172. The van der Waals surface area contributed by atoms with Gasteiger partial charge >= 0.3 is 0 Å². The molecule has 0 saturated carbocycles. The van der Waals surface area contributed by atoms with E-state index in [9.17, 15) is 13.2 Å². The van der Waals surface area contributed by atoms with E-state index < -0.39 is 15.9 Å². The maximum atomic E-state index is 12.6. The zero-order valence-corrected chi connectivity index (χ0v) is 18.0. The number of aromatic nitrogens is 1. The SMILES string of the molecule is Cc1cc(-c2csc(NC(=O)c3cc(S(=O)(=O)N(C)C)ccc3Cl)n2)c(C)o1. The Morgan fingerprint density at radius 3 is 2.57 bits per heavy atom. The Kier molecular flexibility index (Phi) is 5.62. The molecule has 0 spiro atoms. The molecule has 148 valence electrons. The molecule has 1 aromatic carbocycles. The molecule has 0 unspecified atom stereocenters. The fraction of sp³-hybridized carbons (Fsp3) is 0.222. The molecule has 28 heavy (non-hydrogen) atoms. The van der Waals surface area contributed by atoms with Gasteiger partial charge in [-0.25, -0.2) is 17.7 Å². The molecule has 1 N–H and O–H groups in total. The maximum absolute atomic E-state index is 12.6. The number of thiazole rings is 1. The molecule has 0 bridgehead atoms. The third-order valence-corrected chi connectivity index (χ3v) is 6.90. The first kappa shape index (κ1) is 20.5. The van der Waals surface area contributed by atoms with Crippen LogP contribution in [0.15, 0.2) is 39.0 Å². The number of carbonyl (C=O) groups excluding carboxylic acids is 1.